The maximum Gasteiger partial charge on any atom is 0.192 e. The average Bonchev–Trinajstić information content (AvgIpc) is 2.67. The summed E-state index contributed by atoms with van der Waals surface area (Å²) in [7, 11) is 0. The molecule has 1 saturated heterocycles. The van der Waals surface area contributed by atoms with Crippen molar-refractivity contribution in [3.8, 4) is 0 Å². The molecule has 0 spiro atoms. The van der Waals surface area contributed by atoms with E-state index in [2.05, 4.69) is 0 Å². The van der Waals surface area contributed by atoms with E-state index in [1.165, 1.54) is 0 Å². The molecule has 1 aromatic rings. The predicted molar refractivity (Wildman–Crippen MR) is 55.7 cm³/mol. The van der Waals surface area contributed by atoms with Gasteiger partial charge in [-0.3, -0.25) is 4.79 Å². The molecule has 1 fully saturated rings. The molecule has 80 valence electrons. The Morgan fingerprint density at radius 2 is 2.00 bits per heavy atom. The quantitative estimate of drug-likeness (QED) is 0.695. The van der Waals surface area contributed by atoms with Crippen molar-refractivity contribution in [3.63, 3.8) is 0 Å². The normalized spacial score (nSPS) is 19.1. The fourth-order valence-electron chi connectivity index (χ4n) is 1.70. The van der Waals surface area contributed by atoms with Crippen LogP contribution in [-0.4, -0.2) is 19.0 Å². The van der Waals surface area contributed by atoms with E-state index in [9.17, 15) is 4.79 Å². The summed E-state index contributed by atoms with van der Waals surface area (Å²) in [6.45, 7) is 4.62. The first-order valence-electron chi connectivity index (χ1n) is 5.01. The summed E-state index contributed by atoms with van der Waals surface area (Å²) < 4.78 is 11.1. The molecule has 0 radical (unpaired) electrons. The van der Waals surface area contributed by atoms with Gasteiger partial charge in [-0.2, -0.15) is 0 Å². The Morgan fingerprint density at radius 1 is 1.33 bits per heavy atom. The van der Waals surface area contributed by atoms with Crippen LogP contribution in [0.3, 0.4) is 0 Å². The van der Waals surface area contributed by atoms with Gasteiger partial charge in [-0.25, -0.2) is 0 Å². The van der Waals surface area contributed by atoms with E-state index in [0.29, 0.717) is 18.8 Å². The molecule has 0 aliphatic carbocycles. The van der Waals surface area contributed by atoms with Crippen LogP contribution in [0, 0.1) is 0 Å². The van der Waals surface area contributed by atoms with E-state index in [4.69, 9.17) is 9.47 Å². The lowest BCUT2D eigenvalue weighted by atomic mass is 10.0. The molecule has 0 bridgehead atoms. The molecule has 0 atom stereocenters. The summed E-state index contributed by atoms with van der Waals surface area (Å²) in [5, 5.41) is 0. The minimum Gasteiger partial charge on any atom is -0.344 e. The van der Waals surface area contributed by atoms with Crippen LogP contribution in [0.2, 0.25) is 0 Å². The molecular weight excluding hydrogens is 192 g/mol. The van der Waals surface area contributed by atoms with Crippen molar-refractivity contribution in [2.75, 3.05) is 13.2 Å². The largest absolute Gasteiger partial charge is 0.344 e. The van der Waals surface area contributed by atoms with Crippen molar-refractivity contribution in [2.45, 2.75) is 19.6 Å². The third-order valence-corrected chi connectivity index (χ3v) is 2.63. The summed E-state index contributed by atoms with van der Waals surface area (Å²) in [4.78, 5) is 11.2. The van der Waals surface area contributed by atoms with Gasteiger partial charge in [0.05, 0.1) is 13.2 Å². The molecule has 3 heteroatoms. The van der Waals surface area contributed by atoms with Crippen LogP contribution < -0.4 is 0 Å². The van der Waals surface area contributed by atoms with Crippen LogP contribution in [0.25, 0.3) is 0 Å². The van der Waals surface area contributed by atoms with Gasteiger partial charge in [0, 0.05) is 11.1 Å². The van der Waals surface area contributed by atoms with Gasteiger partial charge in [0.15, 0.2) is 11.6 Å². The minimum atomic E-state index is -0.689. The summed E-state index contributed by atoms with van der Waals surface area (Å²) in [5.41, 5.74) is 1.58. The van der Waals surface area contributed by atoms with Crippen molar-refractivity contribution in [2.24, 2.45) is 0 Å². The molecule has 2 rings (SSSR count). The van der Waals surface area contributed by atoms with Crippen molar-refractivity contribution >= 4 is 5.78 Å². The summed E-state index contributed by atoms with van der Waals surface area (Å²) in [6.07, 6.45) is 0. The zero-order valence-corrected chi connectivity index (χ0v) is 8.95. The van der Waals surface area contributed by atoms with E-state index in [1.807, 2.05) is 25.1 Å². The van der Waals surface area contributed by atoms with E-state index in [0.717, 1.165) is 5.56 Å². The maximum absolute atomic E-state index is 11.2. The second-order valence-electron chi connectivity index (χ2n) is 3.78. The number of carbonyl (C=O) groups is 1. The Morgan fingerprint density at radius 3 is 2.60 bits per heavy atom. The predicted octanol–water partition coefficient (Wildman–Crippen LogP) is 2.11. The zero-order valence-electron chi connectivity index (χ0n) is 8.95. The molecule has 1 aromatic carbocycles. The smallest absolute Gasteiger partial charge is 0.192 e. The molecule has 1 aliphatic rings. The van der Waals surface area contributed by atoms with Gasteiger partial charge < -0.3 is 9.47 Å². The number of hydrogen-bond donors (Lipinski definition) is 0. The van der Waals surface area contributed by atoms with Crippen LogP contribution >= 0.6 is 0 Å². The first-order chi connectivity index (χ1) is 7.12. The lowest BCUT2D eigenvalue weighted by Crippen LogP contribution is -2.22. The highest BCUT2D eigenvalue weighted by atomic mass is 16.7. The third kappa shape index (κ3) is 1.94. The zero-order chi connectivity index (χ0) is 10.9. The fraction of sp³-hybridized carbons (Fsp3) is 0.417. The van der Waals surface area contributed by atoms with Gasteiger partial charge in [0.1, 0.15) is 0 Å². The Balaban J connectivity index is 2.36. The molecule has 15 heavy (non-hydrogen) atoms. The Bertz CT molecular complexity index is 378. The molecular formula is C12H14O3. The molecule has 0 aromatic heterocycles. The number of ether oxygens (including phenoxy) is 2. The highest BCUT2D eigenvalue weighted by Crippen LogP contribution is 2.31. The van der Waals surface area contributed by atoms with Crippen molar-refractivity contribution < 1.29 is 14.3 Å². The van der Waals surface area contributed by atoms with E-state index >= 15 is 0 Å². The Hall–Kier alpha value is -1.19. The number of rotatable bonds is 2. The highest BCUT2D eigenvalue weighted by Gasteiger charge is 2.33. The fourth-order valence-corrected chi connectivity index (χ4v) is 1.70. The van der Waals surface area contributed by atoms with Crippen LogP contribution in [0.1, 0.15) is 29.8 Å². The molecule has 1 aliphatic heterocycles. The van der Waals surface area contributed by atoms with Gasteiger partial charge in [0.2, 0.25) is 0 Å². The highest BCUT2D eigenvalue weighted by molar-refractivity contribution is 5.94. The number of benzene rings is 1. The lowest BCUT2D eigenvalue weighted by molar-refractivity contribution is -0.149. The molecule has 3 nitrogen and oxygen atoms in total. The van der Waals surface area contributed by atoms with Crippen LogP contribution in [0.15, 0.2) is 24.3 Å². The SMILES string of the molecule is CC(=O)c1cccc(C2(C)OCCO2)c1. The number of carbonyl (C=O) groups excluding carboxylic acids is 1. The van der Waals surface area contributed by atoms with Crippen LogP contribution in [0.5, 0.6) is 0 Å². The number of ketones is 1. The molecule has 0 unspecified atom stereocenters. The molecule has 0 N–H and O–H groups in total. The minimum absolute atomic E-state index is 0.0541. The van der Waals surface area contributed by atoms with Gasteiger partial charge in [-0.05, 0) is 19.9 Å². The van der Waals surface area contributed by atoms with Crippen LogP contribution in [-0.2, 0) is 15.3 Å². The molecule has 0 amide bonds. The topological polar surface area (TPSA) is 35.5 Å². The summed E-state index contributed by atoms with van der Waals surface area (Å²) in [5.74, 6) is -0.635. The van der Waals surface area contributed by atoms with E-state index in [-0.39, 0.29) is 5.78 Å². The van der Waals surface area contributed by atoms with Crippen molar-refractivity contribution in [1.82, 2.24) is 0 Å². The standard InChI is InChI=1S/C12H14O3/c1-9(13)10-4-3-5-11(8-10)12(2)14-6-7-15-12/h3-5,8H,6-7H2,1-2H3. The average molecular weight is 206 g/mol. The van der Waals surface area contributed by atoms with Crippen molar-refractivity contribution in [1.29, 1.82) is 0 Å². The first-order valence-corrected chi connectivity index (χ1v) is 5.01. The molecule has 1 heterocycles. The van der Waals surface area contributed by atoms with Crippen LogP contribution in [0.4, 0.5) is 0 Å². The Labute approximate surface area is 89.0 Å². The number of hydrogen-bond acceptors (Lipinski definition) is 3. The van der Waals surface area contributed by atoms with Gasteiger partial charge in [-0.15, -0.1) is 0 Å². The Kier molecular flexibility index (Phi) is 2.59. The molecule has 0 saturated carbocycles. The van der Waals surface area contributed by atoms with Gasteiger partial charge in [0.25, 0.3) is 0 Å². The van der Waals surface area contributed by atoms with Gasteiger partial charge in [-0.1, -0.05) is 18.2 Å². The van der Waals surface area contributed by atoms with Gasteiger partial charge >= 0.3 is 0 Å². The third-order valence-electron chi connectivity index (χ3n) is 2.63. The second kappa shape index (κ2) is 3.76. The monoisotopic (exact) mass is 206 g/mol. The second-order valence-corrected chi connectivity index (χ2v) is 3.78. The lowest BCUT2D eigenvalue weighted by Gasteiger charge is -2.22. The van der Waals surface area contributed by atoms with E-state index < -0.39 is 5.79 Å². The summed E-state index contributed by atoms with van der Waals surface area (Å²) >= 11 is 0. The van der Waals surface area contributed by atoms with Crippen molar-refractivity contribution in [3.05, 3.63) is 35.4 Å². The first kappa shape index (κ1) is 10.3. The number of Topliss-reactive ketones (excluding diaryl/α,β-unsaturated/α-hetero) is 1. The van der Waals surface area contributed by atoms with E-state index in [1.54, 1.807) is 13.0 Å². The maximum atomic E-state index is 11.2. The summed E-state index contributed by atoms with van der Waals surface area (Å²) in [6, 6.07) is 7.39.